The van der Waals surface area contributed by atoms with Gasteiger partial charge in [0.15, 0.2) is 0 Å². The minimum Gasteiger partial charge on any atom is -0.388 e. The number of piperidine rings is 2. The number of fused-ring (bicyclic) bond motifs is 1. The summed E-state index contributed by atoms with van der Waals surface area (Å²) in [5, 5.41) is 14.6. The molecule has 2 aromatic rings. The number of halogens is 1. The molecule has 198 valence electrons. The molecule has 3 aliphatic rings. The summed E-state index contributed by atoms with van der Waals surface area (Å²) in [4.78, 5) is 30.7. The van der Waals surface area contributed by atoms with E-state index in [4.69, 9.17) is 0 Å². The van der Waals surface area contributed by atoms with Crippen molar-refractivity contribution in [2.24, 2.45) is 0 Å². The van der Waals surface area contributed by atoms with E-state index in [1.54, 1.807) is 17.9 Å². The summed E-state index contributed by atoms with van der Waals surface area (Å²) < 4.78 is 14.5. The van der Waals surface area contributed by atoms with Crippen LogP contribution in [0.3, 0.4) is 0 Å². The van der Waals surface area contributed by atoms with Gasteiger partial charge >= 0.3 is 0 Å². The van der Waals surface area contributed by atoms with Crippen molar-refractivity contribution in [2.45, 2.75) is 57.2 Å². The monoisotopic (exact) mass is 508 g/mol. The van der Waals surface area contributed by atoms with E-state index in [-0.39, 0.29) is 17.9 Å². The van der Waals surface area contributed by atoms with Crippen molar-refractivity contribution in [1.29, 1.82) is 0 Å². The van der Waals surface area contributed by atoms with Gasteiger partial charge < -0.3 is 20.2 Å². The van der Waals surface area contributed by atoms with Crippen molar-refractivity contribution in [2.75, 3.05) is 44.6 Å². The zero-order valence-corrected chi connectivity index (χ0v) is 21.6. The molecule has 2 amide bonds. The lowest BCUT2D eigenvalue weighted by Gasteiger charge is -2.42. The lowest BCUT2D eigenvalue weighted by atomic mass is 9.89. The molecule has 8 heteroatoms. The standard InChI is InChI=1S/C29H37FN4O3/c1-21(35)33-12-7-26(8-13-33)31-27-17-24(16-25(30)18-27)28(36)34-14-9-29(37,10-15-34)20-32-11-6-22-4-2-3-5-23(22)19-32/h2-5,16-18,26,31,37H,6-15,19-20H2,1H3. The third kappa shape index (κ3) is 6.13. The Labute approximate surface area is 218 Å². The van der Waals surface area contributed by atoms with Crippen LogP contribution in [0.5, 0.6) is 0 Å². The van der Waals surface area contributed by atoms with Crippen molar-refractivity contribution < 1.29 is 19.1 Å². The van der Waals surface area contributed by atoms with Crippen LogP contribution in [0, 0.1) is 5.82 Å². The van der Waals surface area contributed by atoms with Crippen LogP contribution < -0.4 is 5.32 Å². The smallest absolute Gasteiger partial charge is 0.254 e. The molecular formula is C29H37FN4O3. The molecule has 7 nitrogen and oxygen atoms in total. The second-order valence-corrected chi connectivity index (χ2v) is 10.9. The van der Waals surface area contributed by atoms with E-state index in [9.17, 15) is 19.1 Å². The number of nitrogens with one attached hydrogen (secondary N) is 1. The molecule has 3 heterocycles. The maximum atomic E-state index is 14.5. The number of carbonyl (C=O) groups is 2. The molecule has 0 radical (unpaired) electrons. The van der Waals surface area contributed by atoms with Crippen LogP contribution in [0.4, 0.5) is 10.1 Å². The first-order chi connectivity index (χ1) is 17.8. The summed E-state index contributed by atoms with van der Waals surface area (Å²) in [5.41, 5.74) is 2.79. The Hall–Kier alpha value is -2.97. The van der Waals surface area contributed by atoms with E-state index in [0.717, 1.165) is 32.4 Å². The molecule has 0 unspecified atom stereocenters. The van der Waals surface area contributed by atoms with Crippen LogP contribution in [-0.2, 0) is 17.8 Å². The van der Waals surface area contributed by atoms with Crippen molar-refractivity contribution in [3.63, 3.8) is 0 Å². The van der Waals surface area contributed by atoms with Crippen LogP contribution >= 0.6 is 0 Å². The summed E-state index contributed by atoms with van der Waals surface area (Å²) in [6.07, 6.45) is 3.57. The Morgan fingerprint density at radius 2 is 1.70 bits per heavy atom. The number of β-amino-alcohol motifs (C(OH)–C–C–N with tert-alkyl or cyclic N) is 1. The van der Waals surface area contributed by atoms with E-state index in [1.807, 2.05) is 4.90 Å². The van der Waals surface area contributed by atoms with Gasteiger partial charge in [0.05, 0.1) is 5.60 Å². The number of amides is 2. The van der Waals surface area contributed by atoms with Crippen molar-refractivity contribution in [3.8, 4) is 0 Å². The fourth-order valence-corrected chi connectivity index (χ4v) is 5.94. The van der Waals surface area contributed by atoms with Crippen LogP contribution in [0.15, 0.2) is 42.5 Å². The third-order valence-corrected chi connectivity index (χ3v) is 8.16. The van der Waals surface area contributed by atoms with Crippen LogP contribution in [-0.4, -0.2) is 82.5 Å². The minimum absolute atomic E-state index is 0.0757. The van der Waals surface area contributed by atoms with Crippen LogP contribution in [0.2, 0.25) is 0 Å². The van der Waals surface area contributed by atoms with E-state index >= 15 is 0 Å². The number of rotatable bonds is 5. The lowest BCUT2D eigenvalue weighted by Crippen LogP contribution is -2.52. The molecule has 0 saturated carbocycles. The van der Waals surface area contributed by atoms with Gasteiger partial charge in [0.25, 0.3) is 5.91 Å². The zero-order chi connectivity index (χ0) is 26.0. The first-order valence-corrected chi connectivity index (χ1v) is 13.4. The molecule has 0 aliphatic carbocycles. The number of carbonyl (C=O) groups excluding carboxylic acids is 2. The highest BCUT2D eigenvalue weighted by Crippen LogP contribution is 2.28. The van der Waals surface area contributed by atoms with E-state index in [2.05, 4.69) is 34.5 Å². The average Bonchev–Trinajstić information content (AvgIpc) is 2.88. The molecule has 0 aromatic heterocycles. The first-order valence-electron chi connectivity index (χ1n) is 13.4. The second-order valence-electron chi connectivity index (χ2n) is 10.9. The number of hydrogen-bond acceptors (Lipinski definition) is 5. The van der Waals surface area contributed by atoms with Gasteiger partial charge in [0, 0.05) is 70.0 Å². The highest BCUT2D eigenvalue weighted by molar-refractivity contribution is 5.95. The zero-order valence-electron chi connectivity index (χ0n) is 21.6. The van der Waals surface area contributed by atoms with Gasteiger partial charge in [0.1, 0.15) is 5.82 Å². The van der Waals surface area contributed by atoms with Gasteiger partial charge in [-0.05, 0) is 61.4 Å². The summed E-state index contributed by atoms with van der Waals surface area (Å²) in [5.74, 6) is -0.580. The van der Waals surface area contributed by atoms with Gasteiger partial charge in [0.2, 0.25) is 5.91 Å². The molecule has 2 N–H and O–H groups in total. The Kier molecular flexibility index (Phi) is 7.49. The van der Waals surface area contributed by atoms with Gasteiger partial charge in [-0.25, -0.2) is 4.39 Å². The number of likely N-dealkylation sites (tertiary alicyclic amines) is 2. The Morgan fingerprint density at radius 1 is 1.00 bits per heavy atom. The quantitative estimate of drug-likeness (QED) is 0.649. The molecule has 5 rings (SSSR count). The fraction of sp³-hybridized carbons (Fsp3) is 0.517. The maximum absolute atomic E-state index is 14.5. The molecule has 3 aliphatic heterocycles. The largest absolute Gasteiger partial charge is 0.388 e. The number of hydrogen-bond donors (Lipinski definition) is 2. The summed E-state index contributed by atoms with van der Waals surface area (Å²) in [6.45, 7) is 6.18. The number of nitrogens with zero attached hydrogens (tertiary/aromatic N) is 3. The Morgan fingerprint density at radius 3 is 2.41 bits per heavy atom. The van der Waals surface area contributed by atoms with Gasteiger partial charge in [-0.3, -0.25) is 14.5 Å². The molecular weight excluding hydrogens is 471 g/mol. The van der Waals surface area contributed by atoms with E-state index in [1.165, 1.54) is 23.3 Å². The average molecular weight is 509 g/mol. The first kappa shape index (κ1) is 25.7. The number of benzene rings is 2. The maximum Gasteiger partial charge on any atom is 0.254 e. The lowest BCUT2D eigenvalue weighted by molar-refractivity contribution is -0.129. The fourth-order valence-electron chi connectivity index (χ4n) is 5.94. The number of anilines is 1. The van der Waals surface area contributed by atoms with Crippen molar-refractivity contribution in [1.82, 2.24) is 14.7 Å². The number of aliphatic hydroxyl groups is 1. The minimum atomic E-state index is -0.827. The molecule has 0 spiro atoms. The second kappa shape index (κ2) is 10.8. The van der Waals surface area contributed by atoms with E-state index < -0.39 is 11.4 Å². The van der Waals surface area contributed by atoms with Crippen LogP contribution in [0.1, 0.15) is 54.1 Å². The highest BCUT2D eigenvalue weighted by Gasteiger charge is 2.36. The molecule has 2 fully saturated rings. The van der Waals surface area contributed by atoms with Gasteiger partial charge in [-0.2, -0.15) is 0 Å². The van der Waals surface area contributed by atoms with Gasteiger partial charge in [-0.15, -0.1) is 0 Å². The summed E-state index contributed by atoms with van der Waals surface area (Å²) >= 11 is 0. The SMILES string of the molecule is CC(=O)N1CCC(Nc2cc(F)cc(C(=O)N3CCC(O)(CN4CCc5ccccc5C4)CC3)c2)CC1. The normalized spacial score (nSPS) is 20.4. The predicted molar refractivity (Wildman–Crippen MR) is 141 cm³/mol. The molecule has 2 saturated heterocycles. The highest BCUT2D eigenvalue weighted by atomic mass is 19.1. The molecule has 0 atom stereocenters. The molecule has 37 heavy (non-hydrogen) atoms. The summed E-state index contributed by atoms with van der Waals surface area (Å²) in [6, 6.07) is 13.0. The Balaban J connectivity index is 1.16. The van der Waals surface area contributed by atoms with Gasteiger partial charge in [-0.1, -0.05) is 24.3 Å². The predicted octanol–water partition coefficient (Wildman–Crippen LogP) is 3.27. The van der Waals surface area contributed by atoms with E-state index in [0.29, 0.717) is 56.8 Å². The Bertz CT molecular complexity index is 1140. The summed E-state index contributed by atoms with van der Waals surface area (Å²) in [7, 11) is 0. The molecule has 0 bridgehead atoms. The van der Waals surface area contributed by atoms with Crippen LogP contribution in [0.25, 0.3) is 0 Å². The molecule has 2 aromatic carbocycles. The van der Waals surface area contributed by atoms with Crippen molar-refractivity contribution >= 4 is 17.5 Å². The van der Waals surface area contributed by atoms with Crippen molar-refractivity contribution in [3.05, 3.63) is 65.0 Å². The topological polar surface area (TPSA) is 76.1 Å². The third-order valence-electron chi connectivity index (χ3n) is 8.16.